The fraction of sp³-hybridized carbons (Fsp3) is 0.182. The second-order valence-electron chi connectivity index (χ2n) is 6.10. The summed E-state index contributed by atoms with van der Waals surface area (Å²) in [6, 6.07) is 19.2. The molecule has 0 saturated carbocycles. The van der Waals surface area contributed by atoms with E-state index in [1.54, 1.807) is 12.3 Å². The van der Waals surface area contributed by atoms with Crippen LogP contribution in [0.2, 0.25) is 0 Å². The smallest absolute Gasteiger partial charge is 0.270 e. The number of carbonyl (C=O) groups excluding carboxylic acids is 1. The number of nitrogens with one attached hydrogen (secondary N) is 2. The topological polar surface area (TPSA) is 63.2 Å². The van der Waals surface area contributed by atoms with Gasteiger partial charge in [0.2, 0.25) is 0 Å². The zero-order valence-corrected chi connectivity index (χ0v) is 15.5. The van der Waals surface area contributed by atoms with Crippen molar-refractivity contribution in [3.05, 3.63) is 83.7 Å². The molecule has 0 atom stereocenters. The molecule has 2 aromatic carbocycles. The van der Waals surface area contributed by atoms with Gasteiger partial charge < -0.3 is 15.4 Å². The van der Waals surface area contributed by atoms with Crippen molar-refractivity contribution in [2.24, 2.45) is 0 Å². The molecule has 0 saturated heterocycles. The third kappa shape index (κ3) is 4.85. The predicted molar refractivity (Wildman–Crippen MR) is 107 cm³/mol. The molecule has 0 spiro atoms. The Kier molecular flexibility index (Phi) is 6.05. The fourth-order valence-corrected chi connectivity index (χ4v) is 2.68. The number of rotatable bonds is 7. The van der Waals surface area contributed by atoms with Gasteiger partial charge in [0.15, 0.2) is 0 Å². The van der Waals surface area contributed by atoms with Crippen LogP contribution in [-0.2, 0) is 6.54 Å². The quantitative estimate of drug-likeness (QED) is 0.652. The number of hydrogen-bond acceptors (Lipinski definition) is 4. The van der Waals surface area contributed by atoms with Crippen molar-refractivity contribution in [1.29, 1.82) is 0 Å². The summed E-state index contributed by atoms with van der Waals surface area (Å²) in [5, 5.41) is 6.18. The number of carbonyl (C=O) groups is 1. The summed E-state index contributed by atoms with van der Waals surface area (Å²) >= 11 is 0. The molecule has 0 aliphatic carbocycles. The summed E-state index contributed by atoms with van der Waals surface area (Å²) in [7, 11) is 0. The number of aromatic nitrogens is 1. The van der Waals surface area contributed by atoms with E-state index in [9.17, 15) is 4.79 Å². The highest BCUT2D eigenvalue weighted by atomic mass is 16.5. The fourth-order valence-electron chi connectivity index (χ4n) is 2.68. The minimum absolute atomic E-state index is 0.195. The Labute approximate surface area is 159 Å². The maximum absolute atomic E-state index is 12.3. The van der Waals surface area contributed by atoms with Crippen molar-refractivity contribution in [2.75, 3.05) is 11.9 Å². The number of amides is 1. The second kappa shape index (κ2) is 8.85. The molecule has 1 heterocycles. The van der Waals surface area contributed by atoms with Gasteiger partial charge in [0, 0.05) is 6.54 Å². The zero-order chi connectivity index (χ0) is 19.1. The van der Waals surface area contributed by atoms with E-state index in [-0.39, 0.29) is 5.91 Å². The van der Waals surface area contributed by atoms with Gasteiger partial charge >= 0.3 is 0 Å². The number of hydrogen-bond donors (Lipinski definition) is 2. The first-order chi connectivity index (χ1) is 13.2. The van der Waals surface area contributed by atoms with Gasteiger partial charge in [-0.1, -0.05) is 36.4 Å². The minimum Gasteiger partial charge on any atom is -0.492 e. The molecule has 0 aliphatic heterocycles. The van der Waals surface area contributed by atoms with Crippen molar-refractivity contribution < 1.29 is 9.53 Å². The van der Waals surface area contributed by atoms with E-state index in [0.717, 1.165) is 28.3 Å². The molecule has 1 amide bonds. The number of aryl methyl sites for hydroxylation is 1. The van der Waals surface area contributed by atoms with Crippen molar-refractivity contribution in [3.63, 3.8) is 0 Å². The van der Waals surface area contributed by atoms with Crippen LogP contribution in [0.1, 0.15) is 28.5 Å². The van der Waals surface area contributed by atoms with Gasteiger partial charge in [0.1, 0.15) is 11.4 Å². The summed E-state index contributed by atoms with van der Waals surface area (Å²) in [6.07, 6.45) is 1.64. The normalized spacial score (nSPS) is 10.3. The van der Waals surface area contributed by atoms with Gasteiger partial charge in [0.05, 0.1) is 24.2 Å². The molecule has 0 fully saturated rings. The lowest BCUT2D eigenvalue weighted by Crippen LogP contribution is -2.24. The van der Waals surface area contributed by atoms with Gasteiger partial charge in [-0.2, -0.15) is 0 Å². The van der Waals surface area contributed by atoms with E-state index in [1.165, 1.54) is 0 Å². The third-order valence-electron chi connectivity index (χ3n) is 4.16. The first-order valence-electron chi connectivity index (χ1n) is 8.95. The highest BCUT2D eigenvalue weighted by molar-refractivity contribution is 5.92. The third-order valence-corrected chi connectivity index (χ3v) is 4.16. The van der Waals surface area contributed by atoms with E-state index in [0.29, 0.717) is 18.8 Å². The molecule has 3 rings (SSSR count). The first kappa shape index (κ1) is 18.5. The van der Waals surface area contributed by atoms with Crippen molar-refractivity contribution in [3.8, 4) is 5.75 Å². The Morgan fingerprint density at radius 2 is 1.81 bits per heavy atom. The molecule has 27 heavy (non-hydrogen) atoms. The molecule has 0 bridgehead atoms. The van der Waals surface area contributed by atoms with Crippen LogP contribution in [0.4, 0.5) is 11.4 Å². The Bertz CT molecular complexity index is 907. The van der Waals surface area contributed by atoms with Crippen LogP contribution in [0.15, 0.2) is 66.9 Å². The maximum Gasteiger partial charge on any atom is 0.270 e. The SMILES string of the molecule is CCOc1ccccc1Nc1ccc(C(=O)NCc2ccccc2C)nc1. The summed E-state index contributed by atoms with van der Waals surface area (Å²) < 4.78 is 5.61. The van der Waals surface area contributed by atoms with Gasteiger partial charge in [-0.3, -0.25) is 4.79 Å². The molecular formula is C22H23N3O2. The van der Waals surface area contributed by atoms with Gasteiger partial charge in [-0.05, 0) is 49.2 Å². The average molecular weight is 361 g/mol. The van der Waals surface area contributed by atoms with Crippen molar-refractivity contribution in [1.82, 2.24) is 10.3 Å². The monoisotopic (exact) mass is 361 g/mol. The largest absolute Gasteiger partial charge is 0.492 e. The van der Waals surface area contributed by atoms with Crippen LogP contribution in [0.25, 0.3) is 0 Å². The number of para-hydroxylation sites is 2. The molecular weight excluding hydrogens is 338 g/mol. The van der Waals surface area contributed by atoms with Gasteiger partial charge in [-0.15, -0.1) is 0 Å². The van der Waals surface area contributed by atoms with Crippen LogP contribution in [0.5, 0.6) is 5.75 Å². The molecule has 0 aliphatic rings. The predicted octanol–water partition coefficient (Wildman–Crippen LogP) is 4.46. The molecule has 5 heteroatoms. The van der Waals surface area contributed by atoms with Crippen LogP contribution in [-0.4, -0.2) is 17.5 Å². The van der Waals surface area contributed by atoms with Crippen LogP contribution in [0, 0.1) is 6.92 Å². The molecule has 1 aromatic heterocycles. The molecule has 3 aromatic rings. The lowest BCUT2D eigenvalue weighted by molar-refractivity contribution is 0.0946. The maximum atomic E-state index is 12.3. The zero-order valence-electron chi connectivity index (χ0n) is 15.5. The Morgan fingerprint density at radius 3 is 2.56 bits per heavy atom. The van der Waals surface area contributed by atoms with E-state index in [4.69, 9.17) is 4.74 Å². The lowest BCUT2D eigenvalue weighted by Gasteiger charge is -2.12. The van der Waals surface area contributed by atoms with Gasteiger partial charge in [0.25, 0.3) is 5.91 Å². The Morgan fingerprint density at radius 1 is 1.04 bits per heavy atom. The van der Waals surface area contributed by atoms with E-state index < -0.39 is 0 Å². The highest BCUT2D eigenvalue weighted by Crippen LogP contribution is 2.27. The molecule has 2 N–H and O–H groups in total. The van der Waals surface area contributed by atoms with Crippen LogP contribution < -0.4 is 15.4 Å². The summed E-state index contributed by atoms with van der Waals surface area (Å²) in [5.74, 6) is 0.583. The number of nitrogens with zero attached hydrogens (tertiary/aromatic N) is 1. The summed E-state index contributed by atoms with van der Waals surface area (Å²) in [6.45, 7) is 5.05. The number of anilines is 2. The molecule has 138 valence electrons. The molecule has 5 nitrogen and oxygen atoms in total. The number of ether oxygens (including phenoxy) is 1. The van der Waals surface area contributed by atoms with E-state index in [1.807, 2.05) is 68.4 Å². The Hall–Kier alpha value is -3.34. The number of benzene rings is 2. The van der Waals surface area contributed by atoms with Crippen molar-refractivity contribution >= 4 is 17.3 Å². The standard InChI is InChI=1S/C22H23N3O2/c1-3-27-21-11-7-6-10-19(21)25-18-12-13-20(23-15-18)22(26)24-14-17-9-5-4-8-16(17)2/h4-13,15,25H,3,14H2,1-2H3,(H,24,26). The minimum atomic E-state index is -0.195. The second-order valence-corrected chi connectivity index (χ2v) is 6.10. The van der Waals surface area contributed by atoms with Crippen LogP contribution in [0.3, 0.4) is 0 Å². The summed E-state index contributed by atoms with van der Waals surface area (Å²) in [5.41, 5.74) is 4.28. The van der Waals surface area contributed by atoms with Crippen molar-refractivity contribution in [2.45, 2.75) is 20.4 Å². The molecule has 0 radical (unpaired) electrons. The highest BCUT2D eigenvalue weighted by Gasteiger charge is 2.09. The summed E-state index contributed by atoms with van der Waals surface area (Å²) in [4.78, 5) is 16.6. The average Bonchev–Trinajstić information content (AvgIpc) is 2.69. The van der Waals surface area contributed by atoms with E-state index in [2.05, 4.69) is 15.6 Å². The lowest BCUT2D eigenvalue weighted by atomic mass is 10.1. The Balaban J connectivity index is 1.63. The number of pyridine rings is 1. The van der Waals surface area contributed by atoms with Crippen LogP contribution >= 0.6 is 0 Å². The van der Waals surface area contributed by atoms with E-state index >= 15 is 0 Å². The van der Waals surface area contributed by atoms with Gasteiger partial charge in [-0.25, -0.2) is 4.98 Å². The molecule has 0 unspecified atom stereocenters. The first-order valence-corrected chi connectivity index (χ1v) is 8.95.